The van der Waals surface area contributed by atoms with Crippen LogP contribution < -0.4 is 20.6 Å². The van der Waals surface area contributed by atoms with Crippen molar-refractivity contribution in [2.45, 2.75) is 51.9 Å². The zero-order valence-electron chi connectivity index (χ0n) is 23.2. The molecule has 0 amide bonds. The fraction of sp³-hybridized carbons (Fsp3) is 0.593. The molecule has 12 nitrogen and oxygen atoms in total. The molecule has 1 saturated heterocycles. The van der Waals surface area contributed by atoms with Crippen LogP contribution in [-0.2, 0) is 30.6 Å². The van der Waals surface area contributed by atoms with Crippen molar-refractivity contribution in [1.29, 1.82) is 0 Å². The van der Waals surface area contributed by atoms with E-state index in [4.69, 9.17) is 9.72 Å². The topological polar surface area (TPSA) is 167 Å². The van der Waals surface area contributed by atoms with Crippen LogP contribution in [0.5, 0.6) is 0 Å². The molecule has 0 spiro atoms. The van der Waals surface area contributed by atoms with E-state index in [1.807, 2.05) is 6.92 Å². The van der Waals surface area contributed by atoms with Gasteiger partial charge in [0.25, 0.3) is 0 Å². The zero-order chi connectivity index (χ0) is 28.9. The lowest BCUT2D eigenvalue weighted by Gasteiger charge is -2.34. The van der Waals surface area contributed by atoms with Crippen molar-refractivity contribution in [2.75, 3.05) is 60.3 Å². The van der Waals surface area contributed by atoms with E-state index in [1.54, 1.807) is 6.92 Å². The van der Waals surface area contributed by atoms with Gasteiger partial charge in [0, 0.05) is 61.5 Å². The molecule has 0 aromatic carbocycles. The maximum Gasteiger partial charge on any atom is 0.306 e. The number of carboxylic acids is 1. The summed E-state index contributed by atoms with van der Waals surface area (Å²) in [5.74, 6) is -0.521. The van der Waals surface area contributed by atoms with Gasteiger partial charge >= 0.3 is 5.97 Å². The summed E-state index contributed by atoms with van der Waals surface area (Å²) >= 11 is 0. The molecule has 0 bridgehead atoms. The normalized spacial score (nSPS) is 16.5. The Bertz CT molecular complexity index is 1340. The van der Waals surface area contributed by atoms with Gasteiger partial charge in [-0.3, -0.25) is 4.79 Å². The van der Waals surface area contributed by atoms with Gasteiger partial charge in [0.05, 0.1) is 12.2 Å². The van der Waals surface area contributed by atoms with Gasteiger partial charge in [-0.15, -0.1) is 0 Å². The van der Waals surface area contributed by atoms with Crippen LogP contribution in [0.25, 0.3) is 0 Å². The van der Waals surface area contributed by atoms with E-state index in [9.17, 15) is 23.1 Å². The molecular formula is C27H37N6O6S-. The van der Waals surface area contributed by atoms with Crippen LogP contribution in [0, 0.1) is 19.8 Å². The predicted molar refractivity (Wildman–Crippen MR) is 149 cm³/mol. The first-order valence-electron chi connectivity index (χ1n) is 13.6. The number of pyridine rings is 1. The van der Waals surface area contributed by atoms with Gasteiger partial charge in [-0.05, 0) is 51.2 Å². The quantitative estimate of drug-likeness (QED) is 0.367. The number of fused-ring (bicyclic) bond motifs is 1. The van der Waals surface area contributed by atoms with Crippen molar-refractivity contribution in [2.24, 2.45) is 5.92 Å². The number of aliphatic carboxylic acids is 1. The molecule has 0 unspecified atom stereocenters. The largest absolute Gasteiger partial charge is 0.550 e. The Labute approximate surface area is 234 Å². The number of aryl methyl sites for hydroxylation is 2. The third-order valence-corrected chi connectivity index (χ3v) is 8.25. The summed E-state index contributed by atoms with van der Waals surface area (Å²) in [6.07, 6.45) is 4.65. The van der Waals surface area contributed by atoms with Gasteiger partial charge in [-0.25, -0.2) is 23.4 Å². The summed E-state index contributed by atoms with van der Waals surface area (Å²) in [6.45, 7) is 5.79. The van der Waals surface area contributed by atoms with Crippen LogP contribution in [0.2, 0.25) is 0 Å². The molecule has 0 radical (unpaired) electrons. The summed E-state index contributed by atoms with van der Waals surface area (Å²) in [4.78, 5) is 40.0. The van der Waals surface area contributed by atoms with Crippen molar-refractivity contribution in [3.05, 3.63) is 34.8 Å². The molecule has 2 N–H and O–H groups in total. The molecule has 218 valence electrons. The first-order chi connectivity index (χ1) is 19.0. The minimum Gasteiger partial charge on any atom is -0.550 e. The summed E-state index contributed by atoms with van der Waals surface area (Å²) < 4.78 is 27.3. The predicted octanol–water partition coefficient (Wildman–Crippen LogP) is 0.986. The van der Waals surface area contributed by atoms with Crippen molar-refractivity contribution < 1.29 is 27.9 Å². The number of nitrogens with one attached hydrogen (secondary N) is 2. The fourth-order valence-corrected chi connectivity index (χ4v) is 5.46. The third kappa shape index (κ3) is 7.80. The van der Waals surface area contributed by atoms with E-state index in [-0.39, 0.29) is 18.9 Å². The Morgan fingerprint density at radius 3 is 2.65 bits per heavy atom. The molecule has 0 saturated carbocycles. The van der Waals surface area contributed by atoms with E-state index in [2.05, 4.69) is 37.6 Å². The number of carbonyl (C=O) groups excluding carboxylic acids is 2. The first-order valence-corrected chi connectivity index (χ1v) is 15.7. The molecule has 0 aliphatic carbocycles. The number of sulfone groups is 1. The number of carbonyl (C=O) groups is 2. The molecule has 4 rings (SSSR count). The Balaban J connectivity index is 1.36. The molecule has 2 aromatic heterocycles. The highest BCUT2D eigenvalue weighted by atomic mass is 32.2. The molecule has 1 atom stereocenters. The van der Waals surface area contributed by atoms with E-state index < -0.39 is 34.1 Å². The minimum absolute atomic E-state index is 0.111. The highest BCUT2D eigenvalue weighted by Crippen LogP contribution is 2.33. The Morgan fingerprint density at radius 2 is 1.95 bits per heavy atom. The molecule has 40 heavy (non-hydrogen) atoms. The van der Waals surface area contributed by atoms with Crippen LogP contribution in [-0.4, -0.2) is 80.1 Å². The maximum absolute atomic E-state index is 12.1. The maximum atomic E-state index is 12.1. The van der Waals surface area contributed by atoms with Crippen LogP contribution in [0.1, 0.15) is 54.2 Å². The third-order valence-electron chi connectivity index (χ3n) is 7.34. The molecular weight excluding hydrogens is 536 g/mol. The van der Waals surface area contributed by atoms with E-state index in [1.165, 1.54) is 5.56 Å². The van der Waals surface area contributed by atoms with E-state index >= 15 is 0 Å². The number of anilines is 3. The summed E-state index contributed by atoms with van der Waals surface area (Å²) in [6, 6.07) is 4.35. The SMILES string of the molecule is Cc1nc(NC[C@H](CC(=O)OCCS(C)(=O)=O)C(=O)[O-])c(C)c(N2CCC(c3ccc4c(n3)NCCC4)CC2)n1. The van der Waals surface area contributed by atoms with Gasteiger partial charge in [-0.2, -0.15) is 0 Å². The van der Waals surface area contributed by atoms with E-state index in [0.717, 1.165) is 74.5 Å². The minimum atomic E-state index is -3.30. The van der Waals surface area contributed by atoms with Crippen molar-refractivity contribution in [1.82, 2.24) is 15.0 Å². The number of hydrogen-bond acceptors (Lipinski definition) is 12. The molecule has 4 heterocycles. The average molecular weight is 574 g/mol. The lowest BCUT2D eigenvalue weighted by atomic mass is 9.92. The molecule has 2 aliphatic heterocycles. The van der Waals surface area contributed by atoms with Crippen molar-refractivity contribution in [3.63, 3.8) is 0 Å². The number of carboxylic acid groups (broad SMARTS) is 1. The number of piperidine rings is 1. The van der Waals surface area contributed by atoms with Gasteiger partial charge in [0.1, 0.15) is 29.9 Å². The van der Waals surface area contributed by atoms with Gasteiger partial charge in [0.15, 0.2) is 9.84 Å². The number of hydrogen-bond donors (Lipinski definition) is 2. The number of ether oxygens (including phenoxy) is 1. The van der Waals surface area contributed by atoms with Crippen molar-refractivity contribution >= 4 is 39.2 Å². The standard InChI is InChI=1S/C27H38N6O6S/c1-17-24(29-16-21(27(35)36)15-23(34)39-13-14-40(3,37)38)30-18(2)31-26(17)33-11-8-19(9-12-33)22-7-6-20-5-4-10-28-25(20)32-22/h6-7,19,21H,4-5,8-16H2,1-3H3,(H,28,32)(H,35,36)(H,29,30,31)/p-1/t21-/m0/s1. The Hall–Kier alpha value is -3.48. The molecule has 1 fully saturated rings. The smallest absolute Gasteiger partial charge is 0.306 e. The van der Waals surface area contributed by atoms with Gasteiger partial charge < -0.3 is 30.2 Å². The Kier molecular flexibility index (Phi) is 9.44. The Morgan fingerprint density at radius 1 is 1.20 bits per heavy atom. The second-order valence-corrected chi connectivity index (χ2v) is 12.8. The van der Waals surface area contributed by atoms with Crippen LogP contribution >= 0.6 is 0 Å². The monoisotopic (exact) mass is 573 g/mol. The van der Waals surface area contributed by atoms with E-state index in [0.29, 0.717) is 17.6 Å². The summed E-state index contributed by atoms with van der Waals surface area (Å²) in [5.41, 5.74) is 3.19. The molecule has 2 aromatic rings. The zero-order valence-corrected chi connectivity index (χ0v) is 24.1. The first kappa shape index (κ1) is 29.5. The highest BCUT2D eigenvalue weighted by molar-refractivity contribution is 7.90. The average Bonchev–Trinajstić information content (AvgIpc) is 2.91. The van der Waals surface area contributed by atoms with Crippen molar-refractivity contribution in [3.8, 4) is 0 Å². The number of aromatic nitrogens is 3. The van der Waals surface area contributed by atoms with Crippen LogP contribution in [0.3, 0.4) is 0 Å². The second kappa shape index (κ2) is 12.8. The number of esters is 1. The number of nitrogens with zero attached hydrogens (tertiary/aromatic N) is 4. The summed E-state index contributed by atoms with van der Waals surface area (Å²) in [5, 5.41) is 18.1. The van der Waals surface area contributed by atoms with Gasteiger partial charge in [0.2, 0.25) is 0 Å². The second-order valence-electron chi connectivity index (χ2n) is 10.6. The highest BCUT2D eigenvalue weighted by Gasteiger charge is 2.26. The fourth-order valence-electron chi connectivity index (χ4n) is 5.08. The number of rotatable bonds is 11. The summed E-state index contributed by atoms with van der Waals surface area (Å²) in [7, 11) is -3.30. The van der Waals surface area contributed by atoms with Gasteiger partial charge in [-0.1, -0.05) is 6.07 Å². The van der Waals surface area contributed by atoms with Crippen LogP contribution in [0.4, 0.5) is 17.5 Å². The van der Waals surface area contributed by atoms with Crippen LogP contribution in [0.15, 0.2) is 12.1 Å². The molecule has 13 heteroatoms. The molecule has 2 aliphatic rings. The lowest BCUT2D eigenvalue weighted by Crippen LogP contribution is -2.38. The lowest BCUT2D eigenvalue weighted by molar-refractivity contribution is -0.311.